The van der Waals surface area contributed by atoms with Crippen molar-refractivity contribution in [3.63, 3.8) is 0 Å². The molecule has 1 aromatic carbocycles. The van der Waals surface area contributed by atoms with Gasteiger partial charge in [0.2, 0.25) is 0 Å². The molecular formula is C12H13NS. The molecule has 1 aliphatic rings. The van der Waals surface area contributed by atoms with Crippen LogP contribution in [0.2, 0.25) is 0 Å². The van der Waals surface area contributed by atoms with Crippen molar-refractivity contribution in [1.29, 1.82) is 0 Å². The zero-order chi connectivity index (χ0) is 9.80. The van der Waals surface area contributed by atoms with Crippen LogP contribution in [-0.2, 0) is 0 Å². The Balaban J connectivity index is 2.23. The molecule has 0 spiro atoms. The lowest BCUT2D eigenvalue weighted by Gasteiger charge is -2.07. The van der Waals surface area contributed by atoms with E-state index in [9.17, 15) is 0 Å². The molecule has 0 unspecified atom stereocenters. The third-order valence-electron chi connectivity index (χ3n) is 2.13. The van der Waals surface area contributed by atoms with Crippen LogP contribution in [0.1, 0.15) is 5.56 Å². The first kappa shape index (κ1) is 9.41. The first-order valence-corrected chi connectivity index (χ1v) is 5.53. The minimum Gasteiger partial charge on any atom is -0.376 e. The molecular weight excluding hydrogens is 190 g/mol. The van der Waals surface area contributed by atoms with Gasteiger partial charge in [-0.1, -0.05) is 48.2 Å². The monoisotopic (exact) mass is 203 g/mol. The minimum atomic E-state index is 0.980. The van der Waals surface area contributed by atoms with Crippen LogP contribution in [0.15, 0.2) is 48.0 Å². The first-order valence-electron chi connectivity index (χ1n) is 4.65. The Morgan fingerprint density at radius 1 is 1.21 bits per heavy atom. The zero-order valence-corrected chi connectivity index (χ0v) is 9.00. The molecule has 1 aromatic rings. The average Bonchev–Trinajstić information content (AvgIpc) is 2.44. The van der Waals surface area contributed by atoms with E-state index < -0.39 is 0 Å². The highest BCUT2D eigenvalue weighted by Gasteiger charge is 2.02. The van der Waals surface area contributed by atoms with Gasteiger partial charge < -0.3 is 4.90 Å². The summed E-state index contributed by atoms with van der Waals surface area (Å²) in [7, 11) is 2.08. The molecule has 0 saturated carbocycles. The molecule has 2 rings (SSSR count). The maximum Gasteiger partial charge on any atom is 0.0365 e. The third kappa shape index (κ3) is 2.20. The lowest BCUT2D eigenvalue weighted by Crippen LogP contribution is -2.08. The number of nitrogens with zero attached hydrogens (tertiary/aromatic N) is 1. The van der Waals surface area contributed by atoms with Crippen molar-refractivity contribution in [1.82, 2.24) is 4.90 Å². The highest BCUT2D eigenvalue weighted by molar-refractivity contribution is 8.10. The Labute approximate surface area is 89.1 Å². The van der Waals surface area contributed by atoms with Crippen LogP contribution in [0.25, 0.3) is 4.91 Å². The maximum absolute atomic E-state index is 2.26. The summed E-state index contributed by atoms with van der Waals surface area (Å²) in [4.78, 5) is 3.51. The van der Waals surface area contributed by atoms with Crippen molar-refractivity contribution in [2.45, 2.75) is 0 Å². The van der Waals surface area contributed by atoms with Crippen molar-refractivity contribution in [2.75, 3.05) is 13.6 Å². The predicted molar refractivity (Wildman–Crippen MR) is 63.8 cm³/mol. The van der Waals surface area contributed by atoms with Crippen LogP contribution in [-0.4, -0.2) is 18.5 Å². The SMILES string of the molecule is CN1C=CSC(c2ccccc2)=CC1. The second kappa shape index (κ2) is 4.38. The van der Waals surface area contributed by atoms with Crippen LogP contribution in [0.5, 0.6) is 0 Å². The molecule has 0 fully saturated rings. The fraction of sp³-hybridized carbons (Fsp3) is 0.167. The quantitative estimate of drug-likeness (QED) is 0.689. The van der Waals surface area contributed by atoms with Crippen molar-refractivity contribution in [2.24, 2.45) is 0 Å². The Bertz CT molecular complexity index is 354. The van der Waals surface area contributed by atoms with E-state index in [1.807, 2.05) is 6.07 Å². The van der Waals surface area contributed by atoms with E-state index in [4.69, 9.17) is 0 Å². The van der Waals surface area contributed by atoms with E-state index in [1.165, 1.54) is 10.5 Å². The van der Waals surface area contributed by atoms with Gasteiger partial charge in [-0.3, -0.25) is 0 Å². The number of thioether (sulfide) groups is 1. The van der Waals surface area contributed by atoms with Crippen LogP contribution < -0.4 is 0 Å². The van der Waals surface area contributed by atoms with Crippen molar-refractivity contribution in [3.05, 3.63) is 53.6 Å². The second-order valence-electron chi connectivity index (χ2n) is 3.28. The lowest BCUT2D eigenvalue weighted by molar-refractivity contribution is 0.512. The maximum atomic E-state index is 2.26. The molecule has 0 bridgehead atoms. The second-order valence-corrected chi connectivity index (χ2v) is 4.22. The van der Waals surface area contributed by atoms with Gasteiger partial charge in [0.1, 0.15) is 0 Å². The van der Waals surface area contributed by atoms with Crippen LogP contribution in [0, 0.1) is 0 Å². The topological polar surface area (TPSA) is 3.24 Å². The fourth-order valence-corrected chi connectivity index (χ4v) is 2.19. The van der Waals surface area contributed by atoms with Gasteiger partial charge in [-0.05, 0) is 11.0 Å². The molecule has 0 aromatic heterocycles. The van der Waals surface area contributed by atoms with Gasteiger partial charge in [-0.2, -0.15) is 0 Å². The number of hydrogen-bond acceptors (Lipinski definition) is 2. The Morgan fingerprint density at radius 3 is 2.79 bits per heavy atom. The summed E-state index contributed by atoms with van der Waals surface area (Å²) in [5, 5.41) is 2.13. The normalized spacial score (nSPS) is 16.4. The van der Waals surface area contributed by atoms with Crippen molar-refractivity contribution < 1.29 is 0 Å². The molecule has 0 saturated heterocycles. The van der Waals surface area contributed by atoms with E-state index >= 15 is 0 Å². The van der Waals surface area contributed by atoms with E-state index in [0.29, 0.717) is 0 Å². The van der Waals surface area contributed by atoms with Gasteiger partial charge >= 0.3 is 0 Å². The number of benzene rings is 1. The van der Waals surface area contributed by atoms with Gasteiger partial charge in [-0.25, -0.2) is 0 Å². The van der Waals surface area contributed by atoms with E-state index in [2.05, 4.69) is 53.9 Å². The van der Waals surface area contributed by atoms with Gasteiger partial charge in [0, 0.05) is 24.7 Å². The molecule has 0 N–H and O–H groups in total. The number of hydrogen-bond donors (Lipinski definition) is 0. The van der Waals surface area contributed by atoms with Gasteiger partial charge in [0.05, 0.1) is 0 Å². The van der Waals surface area contributed by atoms with E-state index in [1.54, 1.807) is 11.8 Å². The molecule has 72 valence electrons. The van der Waals surface area contributed by atoms with E-state index in [0.717, 1.165) is 6.54 Å². The third-order valence-corrected chi connectivity index (χ3v) is 3.05. The molecule has 14 heavy (non-hydrogen) atoms. The lowest BCUT2D eigenvalue weighted by atomic mass is 10.2. The van der Waals surface area contributed by atoms with Crippen LogP contribution >= 0.6 is 11.8 Å². The Hall–Kier alpha value is -1.15. The standard InChI is InChI=1S/C12H13NS/c1-13-8-7-12(14-10-9-13)11-5-3-2-4-6-11/h2-7,9-10H,8H2,1H3. The first-order chi connectivity index (χ1) is 6.86. The molecule has 0 radical (unpaired) electrons. The summed E-state index contributed by atoms with van der Waals surface area (Å²) < 4.78 is 0. The van der Waals surface area contributed by atoms with Gasteiger partial charge in [0.15, 0.2) is 0 Å². The molecule has 1 heterocycles. The zero-order valence-electron chi connectivity index (χ0n) is 8.18. The van der Waals surface area contributed by atoms with E-state index in [-0.39, 0.29) is 0 Å². The fourth-order valence-electron chi connectivity index (χ4n) is 1.33. The number of likely N-dealkylation sites (N-methyl/N-ethyl adjacent to an activating group) is 1. The summed E-state index contributed by atoms with van der Waals surface area (Å²) in [6.07, 6.45) is 4.37. The van der Waals surface area contributed by atoms with Crippen LogP contribution in [0.4, 0.5) is 0 Å². The minimum absolute atomic E-state index is 0.980. The molecule has 0 aliphatic carbocycles. The predicted octanol–water partition coefficient (Wildman–Crippen LogP) is 3.18. The molecule has 1 aliphatic heterocycles. The highest BCUT2D eigenvalue weighted by Crippen LogP contribution is 2.29. The molecule has 2 heteroatoms. The van der Waals surface area contributed by atoms with Crippen LogP contribution in [0.3, 0.4) is 0 Å². The summed E-state index contributed by atoms with van der Waals surface area (Å²) in [5.41, 5.74) is 1.30. The van der Waals surface area contributed by atoms with Crippen molar-refractivity contribution >= 4 is 16.7 Å². The molecule has 0 atom stereocenters. The average molecular weight is 203 g/mol. The van der Waals surface area contributed by atoms with Gasteiger partial charge in [-0.15, -0.1) is 0 Å². The highest BCUT2D eigenvalue weighted by atomic mass is 32.2. The summed E-state index contributed by atoms with van der Waals surface area (Å²) >= 11 is 1.78. The largest absolute Gasteiger partial charge is 0.376 e. The summed E-state index contributed by atoms with van der Waals surface area (Å²) in [6, 6.07) is 10.5. The Kier molecular flexibility index (Phi) is 2.94. The van der Waals surface area contributed by atoms with Crippen molar-refractivity contribution in [3.8, 4) is 0 Å². The summed E-state index contributed by atoms with van der Waals surface area (Å²) in [5.74, 6) is 0. The number of rotatable bonds is 1. The summed E-state index contributed by atoms with van der Waals surface area (Å²) in [6.45, 7) is 0.980. The molecule has 1 nitrogen and oxygen atoms in total. The smallest absolute Gasteiger partial charge is 0.0365 e. The van der Waals surface area contributed by atoms with Gasteiger partial charge in [0.25, 0.3) is 0 Å². The Morgan fingerprint density at radius 2 is 2.00 bits per heavy atom. The molecule has 0 amide bonds.